The molecule has 0 amide bonds. The van der Waals surface area contributed by atoms with Gasteiger partial charge in [0.15, 0.2) is 19.7 Å². The van der Waals surface area contributed by atoms with E-state index in [9.17, 15) is 21.2 Å². The molecule has 2 rings (SSSR count). The summed E-state index contributed by atoms with van der Waals surface area (Å²) in [6.07, 6.45) is 5.02. The summed E-state index contributed by atoms with van der Waals surface area (Å²) in [7, 11) is -7.89. The van der Waals surface area contributed by atoms with Crippen LogP contribution in [0.1, 0.15) is 31.2 Å². The summed E-state index contributed by atoms with van der Waals surface area (Å²) in [5.41, 5.74) is 5.84. The smallest absolute Gasteiger partial charge is 0.179 e. The highest BCUT2D eigenvalue weighted by Crippen LogP contribution is 2.42. The molecule has 0 heterocycles. The van der Waals surface area contributed by atoms with Crippen molar-refractivity contribution in [1.29, 1.82) is 0 Å². The molecule has 22 heavy (non-hydrogen) atoms. The maximum atomic E-state index is 14.4. The van der Waals surface area contributed by atoms with Crippen LogP contribution in [0.15, 0.2) is 21.9 Å². The van der Waals surface area contributed by atoms with Crippen LogP contribution in [0.25, 0.3) is 0 Å². The van der Waals surface area contributed by atoms with Crippen molar-refractivity contribution < 1.29 is 21.2 Å². The first-order valence-electron chi connectivity index (χ1n) is 6.95. The average molecular weight is 349 g/mol. The van der Waals surface area contributed by atoms with Crippen molar-refractivity contribution in [1.82, 2.24) is 0 Å². The molecule has 1 aromatic rings. The van der Waals surface area contributed by atoms with Gasteiger partial charge >= 0.3 is 0 Å². The van der Waals surface area contributed by atoms with Crippen LogP contribution in [-0.2, 0) is 25.1 Å². The third kappa shape index (κ3) is 3.04. The molecule has 2 N–H and O–H groups in total. The van der Waals surface area contributed by atoms with E-state index >= 15 is 0 Å². The van der Waals surface area contributed by atoms with Gasteiger partial charge in [-0.15, -0.1) is 0 Å². The number of sulfone groups is 2. The summed E-state index contributed by atoms with van der Waals surface area (Å²) in [5.74, 6) is -1.03. The maximum Gasteiger partial charge on any atom is 0.179 e. The molecule has 8 heteroatoms. The van der Waals surface area contributed by atoms with Gasteiger partial charge in [0.1, 0.15) is 10.7 Å². The number of hydrogen-bond acceptors (Lipinski definition) is 5. The van der Waals surface area contributed by atoms with Gasteiger partial charge in [-0.2, -0.15) is 0 Å². The van der Waals surface area contributed by atoms with Crippen LogP contribution in [-0.4, -0.2) is 35.9 Å². The second-order valence-electron chi connectivity index (χ2n) is 6.02. The minimum absolute atomic E-state index is 0.272. The topological polar surface area (TPSA) is 94.3 Å². The summed E-state index contributed by atoms with van der Waals surface area (Å²) in [6, 6.07) is 2.41. The molecule has 0 atom stereocenters. The molecule has 1 aliphatic rings. The molecule has 1 aliphatic carbocycles. The van der Waals surface area contributed by atoms with E-state index in [-0.39, 0.29) is 6.54 Å². The van der Waals surface area contributed by atoms with Gasteiger partial charge in [0, 0.05) is 24.5 Å². The van der Waals surface area contributed by atoms with Gasteiger partial charge in [-0.1, -0.05) is 12.8 Å². The Morgan fingerprint density at radius 1 is 1.09 bits per heavy atom. The fourth-order valence-electron chi connectivity index (χ4n) is 3.17. The molecule has 0 bridgehead atoms. The highest BCUT2D eigenvalue weighted by molar-refractivity contribution is 7.93. The van der Waals surface area contributed by atoms with Gasteiger partial charge in [0.25, 0.3) is 0 Å². The summed E-state index contributed by atoms with van der Waals surface area (Å²) in [5, 5.41) is 0. The molecular weight excluding hydrogens is 329 g/mol. The van der Waals surface area contributed by atoms with Crippen LogP contribution in [0.4, 0.5) is 4.39 Å². The summed E-state index contributed by atoms with van der Waals surface area (Å²) in [4.78, 5) is -1.24. The highest BCUT2D eigenvalue weighted by Gasteiger charge is 2.37. The normalized spacial score (nSPS) is 18.5. The number of hydrogen-bond donors (Lipinski definition) is 1. The first-order valence-corrected chi connectivity index (χ1v) is 10.7. The molecule has 0 saturated heterocycles. The molecule has 1 fully saturated rings. The van der Waals surface area contributed by atoms with E-state index in [4.69, 9.17) is 5.73 Å². The van der Waals surface area contributed by atoms with E-state index < -0.39 is 40.7 Å². The predicted octanol–water partition coefficient (Wildman–Crippen LogP) is 1.40. The van der Waals surface area contributed by atoms with E-state index in [1.54, 1.807) is 0 Å². The van der Waals surface area contributed by atoms with Crippen LogP contribution in [0.3, 0.4) is 0 Å². The Bertz CT molecular complexity index is 794. The largest absolute Gasteiger partial charge is 0.330 e. The van der Waals surface area contributed by atoms with Gasteiger partial charge in [-0.25, -0.2) is 21.2 Å². The first kappa shape index (κ1) is 17.4. The number of rotatable bonds is 4. The van der Waals surface area contributed by atoms with Crippen molar-refractivity contribution in [2.45, 2.75) is 40.9 Å². The number of halogens is 1. The van der Waals surface area contributed by atoms with E-state index in [2.05, 4.69) is 0 Å². The molecular formula is C14H20FNO4S2. The third-order valence-corrected chi connectivity index (χ3v) is 6.75. The molecule has 1 aromatic carbocycles. The van der Waals surface area contributed by atoms with Gasteiger partial charge in [-0.05, 0) is 30.5 Å². The first-order chi connectivity index (χ1) is 10.0. The van der Waals surface area contributed by atoms with Crippen LogP contribution in [0, 0.1) is 5.82 Å². The Labute approximate surface area is 130 Å². The highest BCUT2D eigenvalue weighted by atomic mass is 32.2. The lowest BCUT2D eigenvalue weighted by Gasteiger charge is -2.28. The minimum Gasteiger partial charge on any atom is -0.330 e. The summed E-state index contributed by atoms with van der Waals surface area (Å²) < 4.78 is 61.9. The summed E-state index contributed by atoms with van der Waals surface area (Å²) in [6.45, 7) is 0.272. The van der Waals surface area contributed by atoms with Crippen molar-refractivity contribution in [2.75, 3.05) is 19.1 Å². The Morgan fingerprint density at radius 3 is 2.05 bits per heavy atom. The fourth-order valence-corrected chi connectivity index (χ4v) is 5.69. The van der Waals surface area contributed by atoms with E-state index in [1.165, 1.54) is 6.07 Å². The van der Waals surface area contributed by atoms with Crippen LogP contribution < -0.4 is 5.73 Å². The van der Waals surface area contributed by atoms with E-state index in [1.807, 2.05) is 0 Å². The van der Waals surface area contributed by atoms with E-state index in [0.29, 0.717) is 5.56 Å². The third-order valence-electron chi connectivity index (χ3n) is 4.34. The van der Waals surface area contributed by atoms with Crippen molar-refractivity contribution in [3.8, 4) is 0 Å². The fraction of sp³-hybridized carbons (Fsp3) is 0.571. The molecule has 0 aliphatic heterocycles. The predicted molar refractivity (Wildman–Crippen MR) is 81.8 cm³/mol. The lowest BCUT2D eigenvalue weighted by atomic mass is 9.79. The zero-order valence-electron chi connectivity index (χ0n) is 12.6. The van der Waals surface area contributed by atoms with Crippen molar-refractivity contribution in [3.05, 3.63) is 23.5 Å². The molecule has 124 valence electrons. The maximum absolute atomic E-state index is 14.4. The Morgan fingerprint density at radius 2 is 1.64 bits per heavy atom. The monoisotopic (exact) mass is 349 g/mol. The average Bonchev–Trinajstić information content (AvgIpc) is 2.85. The second-order valence-corrected chi connectivity index (χ2v) is 9.96. The second kappa shape index (κ2) is 5.58. The molecule has 5 nitrogen and oxygen atoms in total. The standard InChI is InChI=1S/C14H20FNO4S2/c1-21(17,18)12-8-10(14(9-16)5-3-4-6-14)7-11(15)13(12)22(2,19)20/h7-8H,3-6,9,16H2,1-2H3. The molecule has 0 spiro atoms. The molecule has 0 aromatic heterocycles. The Balaban J connectivity index is 2.80. The SMILES string of the molecule is CS(=O)(=O)c1cc(C2(CN)CCCC2)cc(F)c1S(C)(=O)=O. The van der Waals surface area contributed by atoms with Crippen LogP contribution >= 0.6 is 0 Å². The quantitative estimate of drug-likeness (QED) is 0.887. The molecule has 0 unspecified atom stereocenters. The minimum atomic E-state index is -4.00. The van der Waals surface area contributed by atoms with Crippen LogP contribution in [0.2, 0.25) is 0 Å². The van der Waals surface area contributed by atoms with E-state index in [0.717, 1.165) is 44.3 Å². The Hall–Kier alpha value is -0.990. The van der Waals surface area contributed by atoms with Crippen LogP contribution in [0.5, 0.6) is 0 Å². The number of nitrogens with two attached hydrogens (primary N) is 1. The lowest BCUT2D eigenvalue weighted by Crippen LogP contribution is -2.32. The zero-order chi connectivity index (χ0) is 16.8. The zero-order valence-corrected chi connectivity index (χ0v) is 14.2. The van der Waals surface area contributed by atoms with Gasteiger partial charge < -0.3 is 5.73 Å². The van der Waals surface area contributed by atoms with Gasteiger partial charge in [-0.3, -0.25) is 0 Å². The van der Waals surface area contributed by atoms with Crippen molar-refractivity contribution in [2.24, 2.45) is 5.73 Å². The Kier molecular flexibility index (Phi) is 4.40. The summed E-state index contributed by atoms with van der Waals surface area (Å²) >= 11 is 0. The van der Waals surface area contributed by atoms with Crippen molar-refractivity contribution in [3.63, 3.8) is 0 Å². The molecule has 0 radical (unpaired) electrons. The van der Waals surface area contributed by atoms with Gasteiger partial charge in [0.05, 0.1) is 4.90 Å². The van der Waals surface area contributed by atoms with Gasteiger partial charge in [0.2, 0.25) is 0 Å². The lowest BCUT2D eigenvalue weighted by molar-refractivity contribution is 0.445. The number of benzene rings is 1. The molecule has 1 saturated carbocycles. The van der Waals surface area contributed by atoms with Crippen molar-refractivity contribution >= 4 is 19.7 Å².